The Morgan fingerprint density at radius 2 is 2.28 bits per heavy atom. The number of aromatic nitrogens is 1. The SMILES string of the molecule is Cc1cnc(C(C)NC(=O)c2ccc(CN)o2)o1. The number of furan rings is 1. The standard InChI is InChI=1S/C12H15N3O3/c1-7-6-14-12(17-7)8(2)15-11(16)10-4-3-9(5-13)18-10/h3-4,6,8H,5,13H2,1-2H3,(H,15,16). The molecule has 6 heteroatoms. The van der Waals surface area contributed by atoms with Gasteiger partial charge in [-0.05, 0) is 26.0 Å². The maximum atomic E-state index is 11.8. The third kappa shape index (κ3) is 2.60. The topological polar surface area (TPSA) is 94.3 Å². The Morgan fingerprint density at radius 1 is 1.50 bits per heavy atom. The molecule has 0 saturated carbocycles. The lowest BCUT2D eigenvalue weighted by atomic mass is 10.3. The molecule has 0 aliphatic heterocycles. The average Bonchev–Trinajstić information content (AvgIpc) is 2.97. The van der Waals surface area contributed by atoms with Gasteiger partial charge in [0.25, 0.3) is 5.91 Å². The van der Waals surface area contributed by atoms with E-state index < -0.39 is 0 Å². The monoisotopic (exact) mass is 249 g/mol. The molecule has 0 aromatic carbocycles. The number of hydrogen-bond donors (Lipinski definition) is 2. The fourth-order valence-corrected chi connectivity index (χ4v) is 1.51. The van der Waals surface area contributed by atoms with Crippen LogP contribution < -0.4 is 11.1 Å². The molecule has 0 bridgehead atoms. The normalized spacial score (nSPS) is 12.4. The number of nitrogens with zero attached hydrogens (tertiary/aromatic N) is 1. The van der Waals surface area contributed by atoms with Crippen LogP contribution in [0.3, 0.4) is 0 Å². The number of oxazole rings is 1. The second-order valence-electron chi connectivity index (χ2n) is 3.97. The number of aryl methyl sites for hydroxylation is 1. The minimum atomic E-state index is -0.322. The van der Waals surface area contributed by atoms with Crippen LogP contribution in [-0.4, -0.2) is 10.9 Å². The molecule has 0 radical (unpaired) electrons. The van der Waals surface area contributed by atoms with E-state index in [9.17, 15) is 4.79 Å². The van der Waals surface area contributed by atoms with E-state index in [1.807, 2.05) is 0 Å². The average molecular weight is 249 g/mol. The predicted octanol–water partition coefficient (Wildman–Crippen LogP) is 1.53. The van der Waals surface area contributed by atoms with Crippen molar-refractivity contribution in [3.63, 3.8) is 0 Å². The van der Waals surface area contributed by atoms with E-state index in [1.165, 1.54) is 0 Å². The van der Waals surface area contributed by atoms with E-state index in [2.05, 4.69) is 10.3 Å². The Hall–Kier alpha value is -2.08. The minimum absolute atomic E-state index is 0.227. The highest BCUT2D eigenvalue weighted by molar-refractivity contribution is 5.91. The molecule has 2 rings (SSSR count). The van der Waals surface area contributed by atoms with E-state index in [1.54, 1.807) is 32.2 Å². The first kappa shape index (κ1) is 12.4. The Kier molecular flexibility index (Phi) is 3.47. The van der Waals surface area contributed by atoms with Gasteiger partial charge in [0, 0.05) is 0 Å². The molecule has 1 amide bonds. The fraction of sp³-hybridized carbons (Fsp3) is 0.333. The number of nitrogens with one attached hydrogen (secondary N) is 1. The summed E-state index contributed by atoms with van der Waals surface area (Å²) in [5.41, 5.74) is 5.41. The van der Waals surface area contributed by atoms with Crippen molar-refractivity contribution in [3.8, 4) is 0 Å². The molecule has 0 aliphatic carbocycles. The molecule has 18 heavy (non-hydrogen) atoms. The zero-order chi connectivity index (χ0) is 13.1. The van der Waals surface area contributed by atoms with Gasteiger partial charge in [-0.1, -0.05) is 0 Å². The summed E-state index contributed by atoms with van der Waals surface area (Å²) in [6.07, 6.45) is 1.61. The molecule has 0 aliphatic rings. The molecule has 96 valence electrons. The number of hydrogen-bond acceptors (Lipinski definition) is 5. The summed E-state index contributed by atoms with van der Waals surface area (Å²) in [5.74, 6) is 1.64. The maximum absolute atomic E-state index is 11.8. The van der Waals surface area contributed by atoms with Crippen LogP contribution in [0.25, 0.3) is 0 Å². The Morgan fingerprint density at radius 3 is 2.83 bits per heavy atom. The Labute approximate surface area is 104 Å². The van der Waals surface area contributed by atoms with Crippen molar-refractivity contribution in [2.75, 3.05) is 0 Å². The predicted molar refractivity (Wildman–Crippen MR) is 63.7 cm³/mol. The van der Waals surface area contributed by atoms with E-state index >= 15 is 0 Å². The van der Waals surface area contributed by atoms with Gasteiger partial charge in [0.15, 0.2) is 5.76 Å². The second kappa shape index (κ2) is 5.05. The van der Waals surface area contributed by atoms with Gasteiger partial charge in [-0.3, -0.25) is 4.79 Å². The van der Waals surface area contributed by atoms with Crippen LogP contribution in [0.15, 0.2) is 27.2 Å². The Bertz CT molecular complexity index is 544. The molecule has 0 fully saturated rings. The number of carbonyl (C=O) groups is 1. The number of nitrogens with two attached hydrogens (primary N) is 1. The zero-order valence-corrected chi connectivity index (χ0v) is 10.3. The maximum Gasteiger partial charge on any atom is 0.287 e. The van der Waals surface area contributed by atoms with Crippen LogP contribution in [0.2, 0.25) is 0 Å². The molecular formula is C12H15N3O3. The smallest absolute Gasteiger partial charge is 0.287 e. The van der Waals surface area contributed by atoms with Crippen molar-refractivity contribution in [2.24, 2.45) is 5.73 Å². The lowest BCUT2D eigenvalue weighted by molar-refractivity contribution is 0.0904. The van der Waals surface area contributed by atoms with Crippen molar-refractivity contribution in [1.29, 1.82) is 0 Å². The molecule has 1 unspecified atom stereocenters. The lowest BCUT2D eigenvalue weighted by Gasteiger charge is -2.08. The quantitative estimate of drug-likeness (QED) is 0.856. The zero-order valence-electron chi connectivity index (χ0n) is 10.3. The number of amides is 1. The first-order valence-corrected chi connectivity index (χ1v) is 5.62. The van der Waals surface area contributed by atoms with E-state index in [4.69, 9.17) is 14.6 Å². The van der Waals surface area contributed by atoms with Gasteiger partial charge in [-0.15, -0.1) is 0 Å². The highest BCUT2D eigenvalue weighted by atomic mass is 16.4. The van der Waals surface area contributed by atoms with Gasteiger partial charge < -0.3 is 19.9 Å². The fourth-order valence-electron chi connectivity index (χ4n) is 1.51. The van der Waals surface area contributed by atoms with Crippen LogP contribution in [0.1, 0.15) is 40.9 Å². The van der Waals surface area contributed by atoms with Crippen LogP contribution in [0, 0.1) is 6.92 Å². The summed E-state index contributed by atoms with van der Waals surface area (Å²) in [6, 6.07) is 2.94. The summed E-state index contributed by atoms with van der Waals surface area (Å²) < 4.78 is 10.6. The van der Waals surface area contributed by atoms with Crippen LogP contribution in [0.4, 0.5) is 0 Å². The van der Waals surface area contributed by atoms with Gasteiger partial charge in [0.1, 0.15) is 17.6 Å². The molecule has 2 heterocycles. The summed E-state index contributed by atoms with van der Waals surface area (Å²) in [5, 5.41) is 2.73. The van der Waals surface area contributed by atoms with E-state index in [0.29, 0.717) is 17.4 Å². The van der Waals surface area contributed by atoms with Crippen molar-refractivity contribution >= 4 is 5.91 Å². The second-order valence-corrected chi connectivity index (χ2v) is 3.97. The highest BCUT2D eigenvalue weighted by Crippen LogP contribution is 2.14. The molecule has 1 atom stereocenters. The van der Waals surface area contributed by atoms with E-state index in [0.717, 1.165) is 0 Å². The summed E-state index contributed by atoms with van der Waals surface area (Å²) >= 11 is 0. The third-order valence-electron chi connectivity index (χ3n) is 2.44. The van der Waals surface area contributed by atoms with Gasteiger partial charge in [0.05, 0.1) is 12.7 Å². The van der Waals surface area contributed by atoms with Gasteiger partial charge in [0.2, 0.25) is 5.89 Å². The largest absolute Gasteiger partial charge is 0.455 e. The third-order valence-corrected chi connectivity index (χ3v) is 2.44. The molecule has 0 saturated heterocycles. The summed E-state index contributed by atoms with van der Waals surface area (Å²) in [6.45, 7) is 3.85. The molecule has 3 N–H and O–H groups in total. The van der Waals surface area contributed by atoms with Crippen LogP contribution in [-0.2, 0) is 6.54 Å². The van der Waals surface area contributed by atoms with E-state index in [-0.39, 0.29) is 24.3 Å². The van der Waals surface area contributed by atoms with Gasteiger partial charge in [-0.25, -0.2) is 4.98 Å². The summed E-state index contributed by atoms with van der Waals surface area (Å²) in [4.78, 5) is 15.9. The molecule has 2 aromatic heterocycles. The van der Waals surface area contributed by atoms with Crippen molar-refractivity contribution < 1.29 is 13.6 Å². The number of rotatable bonds is 4. The number of carbonyl (C=O) groups excluding carboxylic acids is 1. The Balaban J connectivity index is 2.02. The summed E-state index contributed by atoms with van der Waals surface area (Å²) in [7, 11) is 0. The van der Waals surface area contributed by atoms with Crippen molar-refractivity contribution in [1.82, 2.24) is 10.3 Å². The minimum Gasteiger partial charge on any atom is -0.455 e. The van der Waals surface area contributed by atoms with Crippen LogP contribution >= 0.6 is 0 Å². The van der Waals surface area contributed by atoms with Crippen molar-refractivity contribution in [2.45, 2.75) is 26.4 Å². The highest BCUT2D eigenvalue weighted by Gasteiger charge is 2.17. The molecule has 2 aromatic rings. The first-order valence-electron chi connectivity index (χ1n) is 5.62. The molecular weight excluding hydrogens is 234 g/mol. The molecule has 0 spiro atoms. The van der Waals surface area contributed by atoms with Gasteiger partial charge >= 0.3 is 0 Å². The van der Waals surface area contributed by atoms with Crippen molar-refractivity contribution in [3.05, 3.63) is 41.5 Å². The van der Waals surface area contributed by atoms with Gasteiger partial charge in [-0.2, -0.15) is 0 Å². The molecule has 6 nitrogen and oxygen atoms in total. The lowest BCUT2D eigenvalue weighted by Crippen LogP contribution is -2.26. The van der Waals surface area contributed by atoms with Crippen LogP contribution in [0.5, 0.6) is 0 Å². The first-order chi connectivity index (χ1) is 8.60.